The summed E-state index contributed by atoms with van der Waals surface area (Å²) in [6.45, 7) is 7.70. The van der Waals surface area contributed by atoms with Gasteiger partial charge in [0, 0.05) is 24.2 Å². The van der Waals surface area contributed by atoms with Crippen LogP contribution in [0.25, 0.3) is 11.4 Å². The molecular formula is C24H26FN3O2. The van der Waals surface area contributed by atoms with Gasteiger partial charge in [-0.05, 0) is 48.1 Å². The topological polar surface area (TPSA) is 59.2 Å². The number of likely N-dealkylation sites (tertiary alicyclic amines) is 1. The van der Waals surface area contributed by atoms with E-state index in [-0.39, 0.29) is 23.1 Å². The average Bonchev–Trinajstić information content (AvgIpc) is 3.23. The Morgan fingerprint density at radius 3 is 2.63 bits per heavy atom. The molecule has 1 amide bonds. The molecule has 2 aromatic carbocycles. The van der Waals surface area contributed by atoms with Gasteiger partial charge in [0.2, 0.25) is 11.7 Å². The number of benzene rings is 2. The summed E-state index contributed by atoms with van der Waals surface area (Å²) in [5, 5.41) is 4.01. The molecule has 1 aromatic heterocycles. The van der Waals surface area contributed by atoms with Gasteiger partial charge in [0.1, 0.15) is 5.82 Å². The van der Waals surface area contributed by atoms with Crippen LogP contribution in [-0.2, 0) is 5.41 Å². The summed E-state index contributed by atoms with van der Waals surface area (Å²) in [7, 11) is 0. The standard InChI is InChI=1S/C24H26FN3O2/c1-24(2,3)19-11-9-16(10-12-19)23(29)28-13-5-7-18(15-28)22-26-21(27-30-22)17-6-4-8-20(25)14-17/h4,6,8-12,14,18H,5,7,13,15H2,1-3H3. The molecule has 1 fully saturated rings. The van der Waals surface area contributed by atoms with Crippen LogP contribution in [0.5, 0.6) is 0 Å². The first-order chi connectivity index (χ1) is 14.3. The maximum atomic E-state index is 13.5. The Labute approximate surface area is 175 Å². The number of aromatic nitrogens is 2. The summed E-state index contributed by atoms with van der Waals surface area (Å²) >= 11 is 0. The number of amides is 1. The van der Waals surface area contributed by atoms with E-state index in [1.165, 1.54) is 17.7 Å². The van der Waals surface area contributed by atoms with Gasteiger partial charge < -0.3 is 9.42 Å². The predicted octanol–water partition coefficient (Wildman–Crippen LogP) is 5.19. The molecule has 156 valence electrons. The van der Waals surface area contributed by atoms with E-state index in [1.54, 1.807) is 12.1 Å². The fraction of sp³-hybridized carbons (Fsp3) is 0.375. The molecule has 0 radical (unpaired) electrons. The van der Waals surface area contributed by atoms with Crippen molar-refractivity contribution in [3.05, 3.63) is 71.4 Å². The Morgan fingerprint density at radius 1 is 1.17 bits per heavy atom. The lowest BCUT2D eigenvalue weighted by molar-refractivity contribution is 0.0695. The minimum absolute atomic E-state index is 0.0185. The molecule has 1 saturated heterocycles. The van der Waals surface area contributed by atoms with Crippen LogP contribution < -0.4 is 0 Å². The van der Waals surface area contributed by atoms with Crippen LogP contribution in [0.2, 0.25) is 0 Å². The molecule has 0 spiro atoms. The number of rotatable bonds is 3. The first-order valence-corrected chi connectivity index (χ1v) is 10.3. The van der Waals surface area contributed by atoms with Crippen molar-refractivity contribution < 1.29 is 13.7 Å². The second-order valence-corrected chi connectivity index (χ2v) is 8.88. The predicted molar refractivity (Wildman–Crippen MR) is 113 cm³/mol. The van der Waals surface area contributed by atoms with Gasteiger partial charge in [0.05, 0.1) is 5.92 Å². The van der Waals surface area contributed by atoms with Crippen LogP contribution in [0.15, 0.2) is 53.1 Å². The Kier molecular flexibility index (Phi) is 5.41. The number of hydrogen-bond acceptors (Lipinski definition) is 4. The zero-order valence-electron chi connectivity index (χ0n) is 17.6. The van der Waals surface area contributed by atoms with Crippen LogP contribution in [0, 0.1) is 5.82 Å². The maximum absolute atomic E-state index is 13.5. The number of nitrogens with zero attached hydrogens (tertiary/aromatic N) is 3. The Balaban J connectivity index is 1.48. The molecule has 1 atom stereocenters. The molecule has 6 heteroatoms. The lowest BCUT2D eigenvalue weighted by Crippen LogP contribution is -2.39. The minimum atomic E-state index is -0.342. The van der Waals surface area contributed by atoms with Gasteiger partial charge in [0.25, 0.3) is 5.91 Å². The quantitative estimate of drug-likeness (QED) is 0.599. The summed E-state index contributed by atoms with van der Waals surface area (Å²) < 4.78 is 18.9. The van der Waals surface area contributed by atoms with Crippen molar-refractivity contribution >= 4 is 5.91 Å². The van der Waals surface area contributed by atoms with Gasteiger partial charge in [-0.1, -0.05) is 50.2 Å². The Hall–Kier alpha value is -3.02. The summed E-state index contributed by atoms with van der Waals surface area (Å²) in [6, 6.07) is 14.0. The van der Waals surface area contributed by atoms with E-state index >= 15 is 0 Å². The molecule has 0 N–H and O–H groups in total. The van der Waals surface area contributed by atoms with Gasteiger partial charge >= 0.3 is 0 Å². The smallest absolute Gasteiger partial charge is 0.253 e. The Morgan fingerprint density at radius 2 is 1.93 bits per heavy atom. The molecule has 30 heavy (non-hydrogen) atoms. The highest BCUT2D eigenvalue weighted by atomic mass is 19.1. The molecule has 4 rings (SSSR count). The van der Waals surface area contributed by atoms with E-state index in [0.717, 1.165) is 12.8 Å². The van der Waals surface area contributed by atoms with Gasteiger partial charge in [-0.25, -0.2) is 4.39 Å². The molecule has 2 heterocycles. The molecule has 1 aliphatic heterocycles. The lowest BCUT2D eigenvalue weighted by atomic mass is 9.86. The van der Waals surface area contributed by atoms with E-state index in [4.69, 9.17) is 4.52 Å². The molecule has 0 saturated carbocycles. The van der Waals surface area contributed by atoms with Gasteiger partial charge in [0.15, 0.2) is 0 Å². The lowest BCUT2D eigenvalue weighted by Gasteiger charge is -2.31. The van der Waals surface area contributed by atoms with Crippen molar-refractivity contribution in [3.63, 3.8) is 0 Å². The normalized spacial score (nSPS) is 17.2. The van der Waals surface area contributed by atoms with Crippen LogP contribution in [0.4, 0.5) is 4.39 Å². The van der Waals surface area contributed by atoms with Crippen LogP contribution in [-0.4, -0.2) is 34.0 Å². The van der Waals surface area contributed by atoms with Crippen molar-refractivity contribution in [2.45, 2.75) is 44.9 Å². The summed E-state index contributed by atoms with van der Waals surface area (Å²) in [6.07, 6.45) is 1.74. The molecule has 3 aromatic rings. The molecule has 0 aliphatic carbocycles. The Bertz CT molecular complexity index is 1040. The molecule has 1 unspecified atom stereocenters. The van der Waals surface area contributed by atoms with Crippen molar-refractivity contribution in [2.24, 2.45) is 0 Å². The zero-order valence-corrected chi connectivity index (χ0v) is 17.6. The third-order valence-corrected chi connectivity index (χ3v) is 5.58. The van der Waals surface area contributed by atoms with Crippen molar-refractivity contribution in [3.8, 4) is 11.4 Å². The number of piperidine rings is 1. The summed E-state index contributed by atoms with van der Waals surface area (Å²) in [5.41, 5.74) is 2.52. The highest BCUT2D eigenvalue weighted by Gasteiger charge is 2.29. The molecule has 0 bridgehead atoms. The summed E-state index contributed by atoms with van der Waals surface area (Å²) in [5.74, 6) is 0.516. The maximum Gasteiger partial charge on any atom is 0.253 e. The van der Waals surface area contributed by atoms with E-state index in [9.17, 15) is 9.18 Å². The second kappa shape index (κ2) is 8.01. The number of hydrogen-bond donors (Lipinski definition) is 0. The van der Waals surface area contributed by atoms with E-state index < -0.39 is 0 Å². The first-order valence-electron chi connectivity index (χ1n) is 10.3. The van der Waals surface area contributed by atoms with Crippen LogP contribution in [0.3, 0.4) is 0 Å². The monoisotopic (exact) mass is 407 g/mol. The number of carbonyl (C=O) groups excluding carboxylic acids is 1. The van der Waals surface area contributed by atoms with E-state index in [1.807, 2.05) is 29.2 Å². The van der Waals surface area contributed by atoms with Gasteiger partial charge in [-0.2, -0.15) is 4.98 Å². The molecular weight excluding hydrogens is 381 g/mol. The minimum Gasteiger partial charge on any atom is -0.339 e. The fourth-order valence-corrected chi connectivity index (χ4v) is 3.80. The van der Waals surface area contributed by atoms with Gasteiger partial charge in [-0.3, -0.25) is 4.79 Å². The largest absolute Gasteiger partial charge is 0.339 e. The molecule has 5 nitrogen and oxygen atoms in total. The van der Waals surface area contributed by atoms with Crippen molar-refractivity contribution in [1.29, 1.82) is 0 Å². The van der Waals surface area contributed by atoms with E-state index in [0.29, 0.717) is 35.9 Å². The highest BCUT2D eigenvalue weighted by molar-refractivity contribution is 5.94. The highest BCUT2D eigenvalue weighted by Crippen LogP contribution is 2.29. The third-order valence-electron chi connectivity index (χ3n) is 5.58. The van der Waals surface area contributed by atoms with E-state index in [2.05, 4.69) is 30.9 Å². The van der Waals surface area contributed by atoms with Crippen LogP contribution in [0.1, 0.15) is 61.3 Å². The third kappa shape index (κ3) is 4.27. The van der Waals surface area contributed by atoms with Crippen LogP contribution >= 0.6 is 0 Å². The summed E-state index contributed by atoms with van der Waals surface area (Å²) in [4.78, 5) is 19.3. The SMILES string of the molecule is CC(C)(C)c1ccc(C(=O)N2CCCC(c3nc(-c4cccc(F)c4)no3)C2)cc1. The zero-order chi connectivity index (χ0) is 21.3. The first kappa shape index (κ1) is 20.3. The molecule has 1 aliphatic rings. The second-order valence-electron chi connectivity index (χ2n) is 8.88. The fourth-order valence-electron chi connectivity index (χ4n) is 3.80. The number of halogens is 1. The number of carbonyl (C=O) groups is 1. The van der Waals surface area contributed by atoms with Gasteiger partial charge in [-0.15, -0.1) is 0 Å². The average molecular weight is 407 g/mol. The van der Waals surface area contributed by atoms with Crippen molar-refractivity contribution in [2.75, 3.05) is 13.1 Å². The van der Waals surface area contributed by atoms with Crippen molar-refractivity contribution in [1.82, 2.24) is 15.0 Å².